The second-order valence-electron chi connectivity index (χ2n) is 6.23. The maximum absolute atomic E-state index is 14.0. The number of amidine groups is 1. The van der Waals surface area contributed by atoms with Crippen LogP contribution in [-0.4, -0.2) is 53.6 Å². The van der Waals surface area contributed by atoms with Gasteiger partial charge >= 0.3 is 31.4 Å². The average Bonchev–Trinajstić information content (AvgIpc) is 3.06. The zero-order valence-corrected chi connectivity index (χ0v) is 18.2. The second-order valence-corrected chi connectivity index (χ2v) is 9.23. The first-order chi connectivity index (χ1) is 12.9. The fraction of sp³-hybridized carbons (Fsp3) is 0.929. The molecule has 1 fully saturated rings. The molecular weight excluding hydrogens is 555 g/mol. The molecule has 15 heteroatoms. The summed E-state index contributed by atoms with van der Waals surface area (Å²) in [4.78, 5) is 1.26. The summed E-state index contributed by atoms with van der Waals surface area (Å²) in [6.45, 7) is 3.30. The van der Waals surface area contributed by atoms with Crippen molar-refractivity contribution < 1.29 is 48.3 Å². The van der Waals surface area contributed by atoms with E-state index in [9.17, 15) is 43.5 Å². The average molecular weight is 574 g/mol. The Hall–Kier alpha value is -0.450. The number of halogens is 9. The normalized spacial score (nSPS) is 18.4. The molecule has 1 rings (SSSR count). The minimum atomic E-state index is -6.49. The van der Waals surface area contributed by atoms with Crippen molar-refractivity contribution in [3.8, 4) is 0 Å². The fourth-order valence-corrected chi connectivity index (χ4v) is 3.81. The number of rotatable bonds is 9. The maximum Gasteiger partial charge on any atom is 0.455 e. The predicted molar refractivity (Wildman–Crippen MR) is 96.1 cm³/mol. The molecule has 0 bridgehead atoms. The van der Waals surface area contributed by atoms with Crippen LogP contribution in [0.15, 0.2) is 4.40 Å². The van der Waals surface area contributed by atoms with Gasteiger partial charge in [-0.15, -0.1) is 4.40 Å². The lowest BCUT2D eigenvalue weighted by molar-refractivity contribution is -0.438. The lowest BCUT2D eigenvalue weighted by Gasteiger charge is -2.31. The van der Waals surface area contributed by atoms with Crippen molar-refractivity contribution in [2.45, 2.75) is 60.9 Å². The minimum absolute atomic E-state index is 0.110. The van der Waals surface area contributed by atoms with E-state index in [1.807, 2.05) is 0 Å². The molecule has 0 spiro atoms. The Balaban J connectivity index is 3.39. The molecule has 29 heavy (non-hydrogen) atoms. The van der Waals surface area contributed by atoms with Gasteiger partial charge in [0.05, 0.1) is 0 Å². The lowest BCUT2D eigenvalue weighted by atomic mass is 10.1. The highest BCUT2D eigenvalue weighted by atomic mass is 127. The maximum atomic E-state index is 14.0. The summed E-state index contributed by atoms with van der Waals surface area (Å²) in [6.07, 6.45) is -10.6. The van der Waals surface area contributed by atoms with Gasteiger partial charge in [0.25, 0.3) is 0 Å². The van der Waals surface area contributed by atoms with Crippen molar-refractivity contribution in [3.63, 3.8) is 0 Å². The smallest absolute Gasteiger partial charge is 0.360 e. The highest BCUT2D eigenvalue weighted by Gasteiger charge is 2.74. The standard InChI is InChI=1S/C14H19F8IN2O3S/c1-3-25(4-2)10(9-7-5-6-8-9)24-29(26,27)14(21,22)13(19,20)28-12(17,18)11(15,16)23/h9H,3-8H2,1-2H3/b24-10+. The van der Waals surface area contributed by atoms with E-state index in [1.165, 1.54) is 4.90 Å². The van der Waals surface area contributed by atoms with Gasteiger partial charge in [0.2, 0.25) is 0 Å². The van der Waals surface area contributed by atoms with Gasteiger partial charge in [-0.05, 0) is 26.7 Å². The Kier molecular flexibility index (Phi) is 8.22. The van der Waals surface area contributed by atoms with E-state index >= 15 is 0 Å². The number of hydrogen-bond acceptors (Lipinski definition) is 3. The van der Waals surface area contributed by atoms with E-state index < -0.39 is 43.2 Å². The van der Waals surface area contributed by atoms with E-state index in [-0.39, 0.29) is 35.7 Å². The van der Waals surface area contributed by atoms with Crippen LogP contribution in [0, 0.1) is 5.92 Å². The Bertz CT molecular complexity index is 698. The first-order valence-electron chi connectivity index (χ1n) is 8.43. The number of alkyl halides is 9. The van der Waals surface area contributed by atoms with Crippen molar-refractivity contribution in [1.29, 1.82) is 0 Å². The van der Waals surface area contributed by atoms with Crippen LogP contribution in [0.3, 0.4) is 0 Å². The van der Waals surface area contributed by atoms with Crippen LogP contribution in [0.4, 0.5) is 35.1 Å². The van der Waals surface area contributed by atoms with Crippen LogP contribution in [0.1, 0.15) is 39.5 Å². The summed E-state index contributed by atoms with van der Waals surface area (Å²) in [6, 6.07) is 0. The molecule has 0 amide bonds. The minimum Gasteiger partial charge on any atom is -0.360 e. The van der Waals surface area contributed by atoms with E-state index in [0.717, 1.165) is 0 Å². The molecule has 172 valence electrons. The number of ether oxygens (including phenoxy) is 1. The van der Waals surface area contributed by atoms with Crippen LogP contribution in [0.2, 0.25) is 0 Å². The van der Waals surface area contributed by atoms with Gasteiger partial charge in [-0.25, -0.2) is 4.74 Å². The summed E-state index contributed by atoms with van der Waals surface area (Å²) in [5.74, 6) is -1.02. The highest BCUT2D eigenvalue weighted by Crippen LogP contribution is 2.49. The fourth-order valence-electron chi connectivity index (χ4n) is 2.73. The van der Waals surface area contributed by atoms with Crippen LogP contribution >= 0.6 is 22.6 Å². The van der Waals surface area contributed by atoms with E-state index in [1.54, 1.807) is 13.8 Å². The molecular formula is C14H19F8IN2O3S. The van der Waals surface area contributed by atoms with Gasteiger partial charge in [-0.1, -0.05) is 12.8 Å². The Labute approximate surface area is 176 Å². The first kappa shape index (κ1) is 26.6. The lowest BCUT2D eigenvalue weighted by Crippen LogP contribution is -2.54. The molecule has 1 aliphatic rings. The van der Waals surface area contributed by atoms with Gasteiger partial charge in [-0.2, -0.15) is 43.5 Å². The summed E-state index contributed by atoms with van der Waals surface area (Å²) >= 11 is -0.298. The summed E-state index contributed by atoms with van der Waals surface area (Å²) in [7, 11) is -6.48. The van der Waals surface area contributed by atoms with Crippen LogP contribution in [0.5, 0.6) is 0 Å². The molecule has 0 aromatic heterocycles. The zero-order valence-electron chi connectivity index (χ0n) is 15.2. The van der Waals surface area contributed by atoms with Gasteiger partial charge < -0.3 is 4.90 Å². The highest BCUT2D eigenvalue weighted by molar-refractivity contribution is 14.1. The van der Waals surface area contributed by atoms with E-state index in [2.05, 4.69) is 9.13 Å². The van der Waals surface area contributed by atoms with Gasteiger partial charge in [0, 0.05) is 41.6 Å². The number of nitrogens with zero attached hydrogens (tertiary/aromatic N) is 2. The predicted octanol–water partition coefficient (Wildman–Crippen LogP) is 5.07. The Morgan fingerprint density at radius 2 is 1.45 bits per heavy atom. The topological polar surface area (TPSA) is 59.0 Å². The molecule has 1 aliphatic carbocycles. The summed E-state index contributed by atoms with van der Waals surface area (Å²) in [5.41, 5.74) is 0. The molecule has 1 saturated carbocycles. The van der Waals surface area contributed by atoms with Crippen molar-refractivity contribution in [1.82, 2.24) is 4.90 Å². The summed E-state index contributed by atoms with van der Waals surface area (Å²) < 4.78 is 131. The van der Waals surface area contributed by atoms with E-state index in [4.69, 9.17) is 0 Å². The number of sulfonamides is 1. The van der Waals surface area contributed by atoms with Crippen LogP contribution < -0.4 is 0 Å². The molecule has 0 atom stereocenters. The largest absolute Gasteiger partial charge is 0.455 e. The van der Waals surface area contributed by atoms with Crippen molar-refractivity contribution in [2.75, 3.05) is 13.1 Å². The van der Waals surface area contributed by atoms with Gasteiger partial charge in [0.1, 0.15) is 5.84 Å². The SMILES string of the molecule is CCN(CC)/C(=N/S(=O)(=O)C(F)(F)C(F)(F)OC(F)(F)C(F)(F)I)C1CCCC1. The zero-order chi connectivity index (χ0) is 22.9. The molecule has 0 aromatic carbocycles. The third kappa shape index (κ3) is 5.62. The van der Waals surface area contributed by atoms with E-state index in [0.29, 0.717) is 25.7 Å². The second kappa shape index (κ2) is 8.96. The quantitative estimate of drug-likeness (QED) is 0.127. The first-order valence-corrected chi connectivity index (χ1v) is 10.9. The van der Waals surface area contributed by atoms with Crippen molar-refractivity contribution >= 4 is 38.4 Å². The van der Waals surface area contributed by atoms with Crippen molar-refractivity contribution in [3.05, 3.63) is 0 Å². The van der Waals surface area contributed by atoms with Crippen LogP contribution in [-0.2, 0) is 14.8 Å². The molecule has 0 saturated heterocycles. The monoisotopic (exact) mass is 574 g/mol. The Morgan fingerprint density at radius 1 is 1.00 bits per heavy atom. The molecule has 0 unspecified atom stereocenters. The molecule has 0 radical (unpaired) electrons. The van der Waals surface area contributed by atoms with Crippen molar-refractivity contribution in [2.24, 2.45) is 10.3 Å². The molecule has 0 aliphatic heterocycles. The third-order valence-electron chi connectivity index (χ3n) is 4.27. The van der Waals surface area contributed by atoms with Gasteiger partial charge in [-0.3, -0.25) is 0 Å². The summed E-state index contributed by atoms with van der Waals surface area (Å²) in [5, 5.41) is -6.33. The molecule has 0 heterocycles. The van der Waals surface area contributed by atoms with Gasteiger partial charge in [0.15, 0.2) is 0 Å². The third-order valence-corrected chi connectivity index (χ3v) is 6.21. The molecule has 0 aromatic rings. The molecule has 0 N–H and O–H groups in total. The number of hydrogen-bond donors (Lipinski definition) is 0. The Morgan fingerprint density at radius 3 is 1.83 bits per heavy atom. The molecule has 5 nitrogen and oxygen atoms in total. The van der Waals surface area contributed by atoms with Crippen LogP contribution in [0.25, 0.3) is 0 Å².